The fourth-order valence-electron chi connectivity index (χ4n) is 5.63. The number of ether oxygens (including phenoxy) is 1. The van der Waals surface area contributed by atoms with E-state index in [0.29, 0.717) is 17.9 Å². The second-order valence-electron chi connectivity index (χ2n) is 10.2. The monoisotopic (exact) mass is 460 g/mol. The van der Waals surface area contributed by atoms with Gasteiger partial charge in [0.2, 0.25) is 0 Å². The number of nitrogens with one attached hydrogen (secondary N) is 3. The predicted molar refractivity (Wildman–Crippen MR) is 131 cm³/mol. The highest BCUT2D eigenvalue weighted by molar-refractivity contribution is 5.81. The van der Waals surface area contributed by atoms with Crippen LogP contribution in [0.1, 0.15) is 84.2 Å². The van der Waals surface area contributed by atoms with E-state index >= 15 is 0 Å². The molecule has 0 aromatic carbocycles. The fraction of sp³-hybridized carbons (Fsp3) is 0.769. The number of nitrogens with zero attached hydrogens (tertiary/aromatic N) is 1. The third-order valence-electron chi connectivity index (χ3n) is 7.78. The van der Waals surface area contributed by atoms with Crippen LogP contribution in [0.25, 0.3) is 0 Å². The Morgan fingerprint density at radius 3 is 2.79 bits per heavy atom. The van der Waals surface area contributed by atoms with Gasteiger partial charge in [-0.2, -0.15) is 5.10 Å². The molecule has 1 amide bonds. The Kier molecular flexibility index (Phi) is 8.40. The van der Waals surface area contributed by atoms with Gasteiger partial charge in [0, 0.05) is 24.4 Å². The highest BCUT2D eigenvalue weighted by Crippen LogP contribution is 2.45. The molecule has 1 aromatic heterocycles. The Balaban J connectivity index is 0.00000149. The molecular weight excluding hydrogens is 416 g/mol. The number of aromatic amines is 1. The summed E-state index contributed by atoms with van der Waals surface area (Å²) >= 11 is 0. The largest absolute Gasteiger partial charge is 0.381 e. The zero-order valence-electron chi connectivity index (χ0n) is 21.3. The second-order valence-corrected chi connectivity index (χ2v) is 10.2. The van der Waals surface area contributed by atoms with Crippen LogP contribution in [0.2, 0.25) is 0 Å². The molecule has 0 saturated carbocycles. The van der Waals surface area contributed by atoms with Crippen molar-refractivity contribution in [3.05, 3.63) is 29.1 Å². The molecule has 2 aliphatic carbocycles. The summed E-state index contributed by atoms with van der Waals surface area (Å²) in [6.07, 6.45) is 9.55. The molecule has 1 aliphatic heterocycles. The number of H-pyrrole nitrogens is 1. The summed E-state index contributed by atoms with van der Waals surface area (Å²) in [5.41, 5.74) is 4.10. The molecule has 1 fully saturated rings. The van der Waals surface area contributed by atoms with Crippen LogP contribution < -0.4 is 10.6 Å². The molecule has 4 rings (SSSR count). The number of carbonyl (C=O) groups excluding carboxylic acids is 1. The molecule has 5 unspecified atom stereocenters. The van der Waals surface area contributed by atoms with Gasteiger partial charge in [-0.05, 0) is 62.8 Å². The normalized spacial score (nSPS) is 33.5. The molecule has 33 heavy (non-hydrogen) atoms. The van der Waals surface area contributed by atoms with Crippen molar-refractivity contribution in [3.8, 4) is 0 Å². The summed E-state index contributed by atoms with van der Waals surface area (Å²) in [4.78, 5) is 12.3. The van der Waals surface area contributed by atoms with E-state index in [1.54, 1.807) is 0 Å². The molecule has 0 spiro atoms. The first-order valence-electron chi connectivity index (χ1n) is 12.9. The van der Waals surface area contributed by atoms with Gasteiger partial charge in [0.05, 0.1) is 17.8 Å². The summed E-state index contributed by atoms with van der Waals surface area (Å²) in [7, 11) is 0. The smallest absolute Gasteiger partial charge is 0.251 e. The fourth-order valence-corrected chi connectivity index (χ4v) is 5.63. The molecule has 7 heteroatoms. The second kappa shape index (κ2) is 10.7. The Bertz CT molecular complexity index is 838. The number of aliphatic hydroxyl groups excluding tert-OH is 1. The molecule has 0 bridgehead atoms. The zero-order chi connectivity index (χ0) is 24.2. The number of hydrogen-bond donors (Lipinski definition) is 4. The first-order chi connectivity index (χ1) is 15.8. The van der Waals surface area contributed by atoms with E-state index in [9.17, 15) is 9.90 Å². The molecule has 0 radical (unpaired) electrons. The highest BCUT2D eigenvalue weighted by Gasteiger charge is 2.47. The van der Waals surface area contributed by atoms with Gasteiger partial charge in [0.15, 0.2) is 6.10 Å². The summed E-state index contributed by atoms with van der Waals surface area (Å²) in [6, 6.07) is 0.194. The summed E-state index contributed by atoms with van der Waals surface area (Å²) < 4.78 is 5.16. The van der Waals surface area contributed by atoms with Crippen molar-refractivity contribution in [2.75, 3.05) is 13.2 Å². The van der Waals surface area contributed by atoms with Crippen LogP contribution in [0, 0.1) is 11.3 Å². The minimum absolute atomic E-state index is 0.0302. The maximum absolute atomic E-state index is 12.3. The molecule has 1 saturated heterocycles. The minimum atomic E-state index is -1.13. The van der Waals surface area contributed by atoms with Crippen molar-refractivity contribution >= 4 is 5.91 Å². The average molecular weight is 461 g/mol. The Morgan fingerprint density at radius 1 is 1.33 bits per heavy atom. The standard InChI is InChI=1S/C24H38N4O3.C2H6/c1-5-23(3)10-9-17-19(13-23)27-28-21(17)24(4)12-15-7-8-16(11-18(15)26-24)25-22(30)20(29)14-31-6-2;1-2/h7-8,15-16,18,20,26,29H,5-6,9-14H2,1-4H3,(H,25,30)(H,27,28);1-2H3/t15?,16?,18?,20?,23?,24-;/m1./s1. The summed E-state index contributed by atoms with van der Waals surface area (Å²) in [6.45, 7) is 13.3. The van der Waals surface area contributed by atoms with E-state index in [1.807, 2.05) is 20.8 Å². The lowest BCUT2D eigenvalue weighted by Crippen LogP contribution is -2.48. The van der Waals surface area contributed by atoms with Crippen LogP contribution in [0.5, 0.6) is 0 Å². The summed E-state index contributed by atoms with van der Waals surface area (Å²) in [5.74, 6) is 0.0472. The third-order valence-corrected chi connectivity index (χ3v) is 7.78. The van der Waals surface area contributed by atoms with Crippen molar-refractivity contribution in [2.24, 2.45) is 11.3 Å². The lowest BCUT2D eigenvalue weighted by Gasteiger charge is -2.34. The van der Waals surface area contributed by atoms with Gasteiger partial charge in [-0.3, -0.25) is 9.89 Å². The topological polar surface area (TPSA) is 99.3 Å². The number of aromatic nitrogens is 2. The van der Waals surface area contributed by atoms with Crippen LogP contribution in [0.4, 0.5) is 0 Å². The Hall–Kier alpha value is -1.70. The van der Waals surface area contributed by atoms with Gasteiger partial charge in [-0.25, -0.2) is 0 Å². The predicted octanol–water partition coefficient (Wildman–Crippen LogP) is 3.38. The van der Waals surface area contributed by atoms with Gasteiger partial charge < -0.3 is 20.5 Å². The average Bonchev–Trinajstić information content (AvgIpc) is 3.39. The van der Waals surface area contributed by atoms with E-state index in [1.165, 1.54) is 29.8 Å². The number of hydrogen-bond acceptors (Lipinski definition) is 5. The van der Waals surface area contributed by atoms with Crippen LogP contribution >= 0.6 is 0 Å². The SMILES string of the molecule is CC.CCOCC(O)C(=O)NC1C=CC2C[C@](C)(c3n[nH]c4c3CCC(C)(CC)C4)NC2C1. The molecule has 6 atom stereocenters. The number of amides is 1. The zero-order valence-corrected chi connectivity index (χ0v) is 21.3. The van der Waals surface area contributed by atoms with Crippen LogP contribution in [-0.2, 0) is 27.9 Å². The van der Waals surface area contributed by atoms with E-state index in [0.717, 1.165) is 25.7 Å². The minimum Gasteiger partial charge on any atom is -0.381 e. The molecule has 1 aromatic rings. The maximum atomic E-state index is 12.3. The van der Waals surface area contributed by atoms with E-state index < -0.39 is 6.10 Å². The van der Waals surface area contributed by atoms with Crippen molar-refractivity contribution in [1.29, 1.82) is 0 Å². The van der Waals surface area contributed by atoms with Gasteiger partial charge in [-0.15, -0.1) is 0 Å². The van der Waals surface area contributed by atoms with Gasteiger partial charge in [0.1, 0.15) is 0 Å². The lowest BCUT2D eigenvalue weighted by atomic mass is 9.72. The van der Waals surface area contributed by atoms with Gasteiger partial charge >= 0.3 is 0 Å². The first-order valence-corrected chi connectivity index (χ1v) is 12.9. The van der Waals surface area contributed by atoms with E-state index in [-0.39, 0.29) is 30.1 Å². The number of rotatable bonds is 7. The lowest BCUT2D eigenvalue weighted by molar-refractivity contribution is -0.132. The quantitative estimate of drug-likeness (QED) is 0.468. The third kappa shape index (κ3) is 5.52. The van der Waals surface area contributed by atoms with Crippen LogP contribution in [0.3, 0.4) is 0 Å². The van der Waals surface area contributed by atoms with Crippen molar-refractivity contribution in [3.63, 3.8) is 0 Å². The number of fused-ring (bicyclic) bond motifs is 2. The van der Waals surface area contributed by atoms with Crippen LogP contribution in [0.15, 0.2) is 12.2 Å². The van der Waals surface area contributed by atoms with Gasteiger partial charge in [0.25, 0.3) is 5.91 Å². The molecule has 186 valence electrons. The highest BCUT2D eigenvalue weighted by atomic mass is 16.5. The molecule has 7 nitrogen and oxygen atoms in total. The number of carbonyl (C=O) groups is 1. The number of aliphatic hydroxyl groups is 1. The summed E-state index contributed by atoms with van der Waals surface area (Å²) in [5, 5.41) is 24.9. The molecule has 4 N–H and O–H groups in total. The van der Waals surface area contributed by atoms with E-state index in [4.69, 9.17) is 9.84 Å². The van der Waals surface area contributed by atoms with Crippen molar-refractivity contribution in [2.45, 2.75) is 104 Å². The molecule has 3 aliphatic rings. The molecule has 2 heterocycles. The molecular formula is C26H44N4O3. The van der Waals surface area contributed by atoms with Gasteiger partial charge in [-0.1, -0.05) is 46.3 Å². The Labute approximate surface area is 199 Å². The van der Waals surface area contributed by atoms with Crippen molar-refractivity contribution < 1.29 is 14.6 Å². The first kappa shape index (κ1) is 25.9. The Morgan fingerprint density at radius 2 is 2.09 bits per heavy atom. The van der Waals surface area contributed by atoms with E-state index in [2.05, 4.69) is 48.7 Å². The van der Waals surface area contributed by atoms with Crippen LogP contribution in [-0.4, -0.2) is 52.6 Å². The van der Waals surface area contributed by atoms with Crippen molar-refractivity contribution in [1.82, 2.24) is 20.8 Å². The maximum Gasteiger partial charge on any atom is 0.251 e.